The summed E-state index contributed by atoms with van der Waals surface area (Å²) in [6.07, 6.45) is 2.78. The molecule has 0 aliphatic heterocycles. The Hall–Kier alpha value is -2.73. The number of hydrogen-bond donors (Lipinski definition) is 2. The smallest absolute Gasteiger partial charge is 0.272 e. The number of carbonyl (C=O) groups is 1. The summed E-state index contributed by atoms with van der Waals surface area (Å²) >= 11 is 0. The van der Waals surface area contributed by atoms with E-state index in [0.717, 1.165) is 16.6 Å². The van der Waals surface area contributed by atoms with Crippen LogP contribution in [0.1, 0.15) is 35.1 Å². The lowest BCUT2D eigenvalue weighted by Crippen LogP contribution is -2.42. The number of aromatic nitrogens is 3. The molecule has 1 fully saturated rings. The van der Waals surface area contributed by atoms with Gasteiger partial charge in [0.2, 0.25) is 0 Å². The molecule has 2 N–H and O–H groups in total. The minimum absolute atomic E-state index is 0.184. The molecule has 1 aliphatic carbocycles. The molecule has 3 aromatic rings. The molecule has 0 bridgehead atoms. The number of rotatable bonds is 4. The van der Waals surface area contributed by atoms with E-state index in [1.54, 1.807) is 10.9 Å². The van der Waals surface area contributed by atoms with Gasteiger partial charge in [0.05, 0.1) is 23.4 Å². The highest BCUT2D eigenvalue weighted by atomic mass is 16.3. The van der Waals surface area contributed by atoms with E-state index < -0.39 is 0 Å². The molecule has 128 valence electrons. The molecule has 1 atom stereocenters. The third kappa shape index (κ3) is 2.89. The van der Waals surface area contributed by atoms with Crippen molar-refractivity contribution in [2.45, 2.75) is 25.0 Å². The predicted octanol–water partition coefficient (Wildman–Crippen LogP) is 2.21. The van der Waals surface area contributed by atoms with Gasteiger partial charge in [-0.1, -0.05) is 24.3 Å². The van der Waals surface area contributed by atoms with Crippen molar-refractivity contribution in [3.8, 4) is 0 Å². The molecule has 0 saturated heterocycles. The molecule has 25 heavy (non-hydrogen) atoms. The maximum atomic E-state index is 12.9. The Balaban J connectivity index is 1.64. The molecule has 1 aromatic carbocycles. The fraction of sp³-hybridized carbons (Fsp3) is 0.316. The summed E-state index contributed by atoms with van der Waals surface area (Å²) in [5.41, 5.74) is 2.15. The van der Waals surface area contributed by atoms with Crippen LogP contribution in [-0.2, 0) is 7.05 Å². The first-order valence-corrected chi connectivity index (χ1v) is 8.45. The van der Waals surface area contributed by atoms with E-state index in [9.17, 15) is 9.90 Å². The molecule has 1 saturated carbocycles. The third-order valence-electron chi connectivity index (χ3n) is 4.89. The van der Waals surface area contributed by atoms with Crippen molar-refractivity contribution in [1.29, 1.82) is 0 Å². The SMILES string of the molecule is Cn1nc(C(=O)N[C@@H](c2ccccn2)C2CC(O)C2)c2ccccc21. The lowest BCUT2D eigenvalue weighted by molar-refractivity contribution is 0.0228. The number of aliphatic hydroxyl groups excluding tert-OH is 1. The Labute approximate surface area is 145 Å². The van der Waals surface area contributed by atoms with Crippen molar-refractivity contribution in [2.75, 3.05) is 0 Å². The zero-order valence-corrected chi connectivity index (χ0v) is 14.0. The average molecular weight is 336 g/mol. The van der Waals surface area contributed by atoms with E-state index in [1.807, 2.05) is 49.5 Å². The number of benzene rings is 1. The van der Waals surface area contributed by atoms with Crippen LogP contribution in [0.2, 0.25) is 0 Å². The molecule has 0 spiro atoms. The highest BCUT2D eigenvalue weighted by molar-refractivity contribution is 6.05. The van der Waals surface area contributed by atoms with Crippen molar-refractivity contribution in [3.05, 3.63) is 60.0 Å². The van der Waals surface area contributed by atoms with Crippen molar-refractivity contribution in [1.82, 2.24) is 20.1 Å². The van der Waals surface area contributed by atoms with E-state index >= 15 is 0 Å². The van der Waals surface area contributed by atoms with Gasteiger partial charge in [-0.3, -0.25) is 14.5 Å². The Bertz CT molecular complexity index is 900. The highest BCUT2D eigenvalue weighted by Crippen LogP contribution is 2.37. The second kappa shape index (κ2) is 6.29. The summed E-state index contributed by atoms with van der Waals surface area (Å²) in [6.45, 7) is 0. The molecular weight excluding hydrogens is 316 g/mol. The number of aliphatic hydroxyl groups is 1. The first-order valence-electron chi connectivity index (χ1n) is 8.45. The third-order valence-corrected chi connectivity index (χ3v) is 4.89. The minimum Gasteiger partial charge on any atom is -0.393 e. The fourth-order valence-corrected chi connectivity index (χ4v) is 3.49. The van der Waals surface area contributed by atoms with Gasteiger partial charge in [-0.2, -0.15) is 5.10 Å². The van der Waals surface area contributed by atoms with E-state index in [0.29, 0.717) is 18.5 Å². The molecule has 1 amide bonds. The van der Waals surface area contributed by atoms with Crippen LogP contribution in [0.4, 0.5) is 0 Å². The monoisotopic (exact) mass is 336 g/mol. The summed E-state index contributed by atoms with van der Waals surface area (Å²) < 4.78 is 1.72. The maximum absolute atomic E-state index is 12.9. The second-order valence-electron chi connectivity index (χ2n) is 6.58. The topological polar surface area (TPSA) is 80.0 Å². The summed E-state index contributed by atoms with van der Waals surface area (Å²) in [6, 6.07) is 13.1. The normalized spacial score (nSPS) is 20.9. The van der Waals surface area contributed by atoms with Crippen molar-refractivity contribution >= 4 is 16.8 Å². The number of amides is 1. The first-order chi connectivity index (χ1) is 12.1. The molecule has 0 radical (unpaired) electrons. The predicted molar refractivity (Wildman–Crippen MR) is 93.9 cm³/mol. The van der Waals surface area contributed by atoms with E-state index in [-0.39, 0.29) is 24.0 Å². The Morgan fingerprint density at radius 1 is 1.24 bits per heavy atom. The summed E-state index contributed by atoms with van der Waals surface area (Å²) in [7, 11) is 1.83. The number of fused-ring (bicyclic) bond motifs is 1. The van der Waals surface area contributed by atoms with Crippen LogP contribution in [-0.4, -0.2) is 31.9 Å². The second-order valence-corrected chi connectivity index (χ2v) is 6.58. The Morgan fingerprint density at radius 2 is 2.00 bits per heavy atom. The van der Waals surface area contributed by atoms with Gasteiger partial charge in [-0.05, 0) is 37.0 Å². The molecule has 2 heterocycles. The van der Waals surface area contributed by atoms with Gasteiger partial charge in [-0.25, -0.2) is 0 Å². The number of para-hydroxylation sites is 1. The van der Waals surface area contributed by atoms with Crippen LogP contribution in [0.5, 0.6) is 0 Å². The van der Waals surface area contributed by atoms with Gasteiger partial charge in [0.1, 0.15) is 0 Å². The van der Waals surface area contributed by atoms with Crippen molar-refractivity contribution in [3.63, 3.8) is 0 Å². The van der Waals surface area contributed by atoms with E-state index in [4.69, 9.17) is 0 Å². The van der Waals surface area contributed by atoms with Gasteiger partial charge in [0.15, 0.2) is 5.69 Å². The zero-order valence-electron chi connectivity index (χ0n) is 14.0. The number of nitrogens with zero attached hydrogens (tertiary/aromatic N) is 3. The van der Waals surface area contributed by atoms with Crippen LogP contribution in [0.15, 0.2) is 48.7 Å². The van der Waals surface area contributed by atoms with E-state index in [1.165, 1.54) is 0 Å². The molecule has 6 heteroatoms. The summed E-state index contributed by atoms with van der Waals surface area (Å²) in [4.78, 5) is 17.3. The number of carbonyl (C=O) groups excluding carboxylic acids is 1. The lowest BCUT2D eigenvalue weighted by atomic mass is 9.76. The van der Waals surface area contributed by atoms with Crippen molar-refractivity contribution < 1.29 is 9.90 Å². The minimum atomic E-state index is -0.288. The van der Waals surface area contributed by atoms with Crippen LogP contribution in [0, 0.1) is 5.92 Å². The zero-order chi connectivity index (χ0) is 17.4. The molecule has 2 aromatic heterocycles. The number of hydrogen-bond acceptors (Lipinski definition) is 4. The van der Waals surface area contributed by atoms with Crippen LogP contribution < -0.4 is 5.32 Å². The van der Waals surface area contributed by atoms with Gasteiger partial charge in [0.25, 0.3) is 5.91 Å². The fourth-order valence-electron chi connectivity index (χ4n) is 3.49. The Morgan fingerprint density at radius 3 is 2.72 bits per heavy atom. The molecular formula is C19H20N4O2. The maximum Gasteiger partial charge on any atom is 0.272 e. The van der Waals surface area contributed by atoms with E-state index in [2.05, 4.69) is 15.4 Å². The van der Waals surface area contributed by atoms with Crippen LogP contribution >= 0.6 is 0 Å². The van der Waals surface area contributed by atoms with Crippen LogP contribution in [0.25, 0.3) is 10.9 Å². The highest BCUT2D eigenvalue weighted by Gasteiger charge is 2.36. The van der Waals surface area contributed by atoms with Gasteiger partial charge in [0, 0.05) is 18.6 Å². The summed E-state index contributed by atoms with van der Waals surface area (Å²) in [5.74, 6) is -0.0299. The number of aryl methyl sites for hydroxylation is 1. The first kappa shape index (κ1) is 15.8. The molecule has 0 unspecified atom stereocenters. The van der Waals surface area contributed by atoms with Crippen molar-refractivity contribution in [2.24, 2.45) is 13.0 Å². The number of nitrogens with one attached hydrogen (secondary N) is 1. The van der Waals surface area contributed by atoms with Gasteiger partial charge < -0.3 is 10.4 Å². The standard InChI is InChI=1S/C19H20N4O2/c1-23-16-8-3-2-6-14(16)18(22-23)19(25)21-17(12-10-13(24)11-12)15-7-4-5-9-20-15/h2-9,12-13,17,24H,10-11H2,1H3,(H,21,25)/t12?,13?,17-/m1/s1. The van der Waals surface area contributed by atoms with Gasteiger partial charge in [-0.15, -0.1) is 0 Å². The Kier molecular flexibility index (Phi) is 3.97. The number of pyridine rings is 1. The molecule has 4 rings (SSSR count). The average Bonchev–Trinajstić information content (AvgIpc) is 2.95. The van der Waals surface area contributed by atoms with Crippen LogP contribution in [0.3, 0.4) is 0 Å². The largest absolute Gasteiger partial charge is 0.393 e. The quantitative estimate of drug-likeness (QED) is 0.765. The molecule has 1 aliphatic rings. The molecule has 6 nitrogen and oxygen atoms in total. The van der Waals surface area contributed by atoms with Gasteiger partial charge >= 0.3 is 0 Å². The summed E-state index contributed by atoms with van der Waals surface area (Å²) in [5, 5.41) is 18.0. The lowest BCUT2D eigenvalue weighted by Gasteiger charge is -2.37.